The first-order valence-corrected chi connectivity index (χ1v) is 9.76. The zero-order valence-electron chi connectivity index (χ0n) is 17.4. The van der Waals surface area contributed by atoms with Crippen molar-refractivity contribution in [3.05, 3.63) is 96.2 Å². The standard InChI is InChI=1S/C18H15NO.C6H8O7/c20-19(16-10-4-1-5-11-16,17-12-6-2-7-13-17)18-14-8-3-9-15-18;7-3(8)1-6(13,5(11)12)2-4(9)10/h1-15H;13H,1-2H2,(H,7,8)(H,9,10)(H,11,12). The van der Waals surface area contributed by atoms with E-state index in [1.165, 1.54) is 0 Å². The van der Waals surface area contributed by atoms with Crippen molar-refractivity contribution in [1.82, 2.24) is 4.65 Å². The predicted molar refractivity (Wildman–Crippen MR) is 121 cm³/mol. The van der Waals surface area contributed by atoms with Crippen LogP contribution in [0, 0.1) is 5.21 Å². The number of hydrogen-bond acceptors (Lipinski definition) is 5. The SMILES string of the molecule is O=C(O)CC(O)(CC(=O)O)C(=O)O.[O-][N+](c1ccccc1)(c1ccccc1)c1ccccc1. The molecule has 0 aromatic heterocycles. The molecular formula is C24H23NO8. The molecule has 3 aromatic carbocycles. The fourth-order valence-corrected chi connectivity index (χ4v) is 3.08. The molecule has 0 radical (unpaired) electrons. The summed E-state index contributed by atoms with van der Waals surface area (Å²) in [7, 11) is 0. The number of aliphatic carboxylic acids is 3. The highest BCUT2D eigenvalue weighted by Crippen LogP contribution is 2.41. The molecule has 0 fully saturated rings. The summed E-state index contributed by atoms with van der Waals surface area (Å²) in [5.74, 6) is -5.02. The van der Waals surface area contributed by atoms with Gasteiger partial charge in [-0.25, -0.2) is 4.79 Å². The van der Waals surface area contributed by atoms with Gasteiger partial charge in [-0.05, 0) is 0 Å². The fraction of sp³-hybridized carbons (Fsp3) is 0.125. The van der Waals surface area contributed by atoms with E-state index in [4.69, 9.17) is 20.4 Å². The predicted octanol–water partition coefficient (Wildman–Crippen LogP) is 3.91. The first-order valence-electron chi connectivity index (χ1n) is 9.76. The number of carbonyl (C=O) groups is 3. The first-order chi connectivity index (χ1) is 15.6. The molecule has 0 unspecified atom stereocenters. The first kappa shape index (κ1) is 25.2. The Hall–Kier alpha value is -4.05. The summed E-state index contributed by atoms with van der Waals surface area (Å²) < 4.78 is -0.581. The summed E-state index contributed by atoms with van der Waals surface area (Å²) in [5.41, 5.74) is -0.641. The molecule has 0 atom stereocenters. The summed E-state index contributed by atoms with van der Waals surface area (Å²) in [5, 5.41) is 47.5. The van der Waals surface area contributed by atoms with Gasteiger partial charge in [0.2, 0.25) is 0 Å². The molecule has 3 rings (SSSR count). The van der Waals surface area contributed by atoms with Crippen molar-refractivity contribution >= 4 is 35.0 Å². The molecule has 0 aliphatic rings. The Balaban J connectivity index is 0.000000260. The Morgan fingerprint density at radius 3 is 1.12 bits per heavy atom. The van der Waals surface area contributed by atoms with Crippen molar-refractivity contribution in [3.8, 4) is 0 Å². The Bertz CT molecular complexity index is 959. The molecule has 9 heteroatoms. The van der Waals surface area contributed by atoms with Gasteiger partial charge in [-0.3, -0.25) is 14.2 Å². The van der Waals surface area contributed by atoms with Crippen molar-refractivity contribution in [3.63, 3.8) is 0 Å². The number of para-hydroxylation sites is 3. The Morgan fingerprint density at radius 2 is 0.909 bits per heavy atom. The van der Waals surface area contributed by atoms with E-state index in [0.29, 0.717) is 17.1 Å². The number of quaternary nitrogens is 1. The van der Waals surface area contributed by atoms with Crippen molar-refractivity contribution in [2.45, 2.75) is 18.4 Å². The van der Waals surface area contributed by atoms with E-state index in [1.54, 1.807) is 0 Å². The van der Waals surface area contributed by atoms with Crippen LogP contribution in [0.2, 0.25) is 0 Å². The largest absolute Gasteiger partial charge is 0.616 e. The van der Waals surface area contributed by atoms with Gasteiger partial charge < -0.3 is 25.6 Å². The number of rotatable bonds is 8. The van der Waals surface area contributed by atoms with E-state index in [2.05, 4.69) is 0 Å². The van der Waals surface area contributed by atoms with Gasteiger partial charge in [0.1, 0.15) is 17.1 Å². The number of aliphatic hydroxyl groups is 1. The second kappa shape index (κ2) is 11.0. The third kappa shape index (κ3) is 6.47. The van der Waals surface area contributed by atoms with E-state index in [9.17, 15) is 19.6 Å². The molecule has 33 heavy (non-hydrogen) atoms. The average molecular weight is 453 g/mol. The molecule has 0 amide bonds. The molecule has 3 aromatic rings. The van der Waals surface area contributed by atoms with E-state index >= 15 is 0 Å². The molecular weight excluding hydrogens is 430 g/mol. The smallest absolute Gasteiger partial charge is 0.336 e. The van der Waals surface area contributed by atoms with Crippen LogP contribution in [0.25, 0.3) is 0 Å². The fourth-order valence-electron chi connectivity index (χ4n) is 3.08. The van der Waals surface area contributed by atoms with Crippen molar-refractivity contribution in [1.29, 1.82) is 0 Å². The number of benzene rings is 3. The highest BCUT2D eigenvalue weighted by Gasteiger charge is 2.40. The van der Waals surface area contributed by atoms with Gasteiger partial charge in [0.05, 0.1) is 12.8 Å². The number of nitrogens with zero attached hydrogens (tertiary/aromatic N) is 1. The average Bonchev–Trinajstić information content (AvgIpc) is 2.79. The maximum Gasteiger partial charge on any atom is 0.336 e. The molecule has 0 saturated carbocycles. The van der Waals surface area contributed by atoms with Gasteiger partial charge in [-0.15, -0.1) is 0 Å². The minimum absolute atomic E-state index is 0.581. The van der Waals surface area contributed by atoms with Gasteiger partial charge >= 0.3 is 17.9 Å². The normalized spacial score (nSPS) is 11.1. The van der Waals surface area contributed by atoms with E-state index in [-0.39, 0.29) is 0 Å². The monoisotopic (exact) mass is 453 g/mol. The van der Waals surface area contributed by atoms with Gasteiger partial charge in [0, 0.05) is 36.4 Å². The maximum atomic E-state index is 13.6. The van der Waals surface area contributed by atoms with Crippen LogP contribution in [0.15, 0.2) is 91.0 Å². The van der Waals surface area contributed by atoms with E-state index in [1.807, 2.05) is 91.0 Å². The number of carboxylic acids is 3. The maximum absolute atomic E-state index is 13.6. The van der Waals surface area contributed by atoms with Crippen LogP contribution in [0.5, 0.6) is 0 Å². The molecule has 0 bridgehead atoms. The topological polar surface area (TPSA) is 155 Å². The van der Waals surface area contributed by atoms with Gasteiger partial charge in [-0.2, -0.15) is 0 Å². The summed E-state index contributed by atoms with van der Waals surface area (Å²) in [6, 6.07) is 28.3. The van der Waals surface area contributed by atoms with Crippen molar-refractivity contribution in [2.75, 3.05) is 0 Å². The summed E-state index contributed by atoms with van der Waals surface area (Å²) in [6.45, 7) is 0. The molecule has 0 saturated heterocycles. The minimum Gasteiger partial charge on any atom is -0.616 e. The number of hydrogen-bond donors (Lipinski definition) is 4. The zero-order valence-corrected chi connectivity index (χ0v) is 17.4. The van der Waals surface area contributed by atoms with Crippen LogP contribution in [0.3, 0.4) is 0 Å². The second-order valence-corrected chi connectivity index (χ2v) is 7.09. The van der Waals surface area contributed by atoms with Crippen LogP contribution >= 0.6 is 0 Å². The molecule has 0 aliphatic heterocycles. The summed E-state index contributed by atoms with van der Waals surface area (Å²) in [4.78, 5) is 30.5. The van der Waals surface area contributed by atoms with E-state index in [0.717, 1.165) is 0 Å². The number of carboxylic acid groups (broad SMARTS) is 3. The van der Waals surface area contributed by atoms with Crippen molar-refractivity contribution in [2.24, 2.45) is 0 Å². The lowest BCUT2D eigenvalue weighted by molar-refractivity contribution is -0.170. The van der Waals surface area contributed by atoms with E-state index < -0.39 is 41.0 Å². The second-order valence-electron chi connectivity index (χ2n) is 7.09. The molecule has 4 N–H and O–H groups in total. The summed E-state index contributed by atoms with van der Waals surface area (Å²) >= 11 is 0. The Labute approximate surface area is 189 Å². The molecule has 172 valence electrons. The van der Waals surface area contributed by atoms with Crippen LogP contribution < -0.4 is 4.65 Å². The van der Waals surface area contributed by atoms with Gasteiger partial charge in [0.15, 0.2) is 5.60 Å². The highest BCUT2D eigenvalue weighted by molar-refractivity contribution is 5.88. The van der Waals surface area contributed by atoms with Crippen LogP contribution in [-0.4, -0.2) is 43.9 Å². The van der Waals surface area contributed by atoms with Gasteiger partial charge in [-0.1, -0.05) is 54.6 Å². The van der Waals surface area contributed by atoms with Crippen molar-refractivity contribution < 1.29 is 34.8 Å². The third-order valence-electron chi connectivity index (χ3n) is 4.64. The van der Waals surface area contributed by atoms with Gasteiger partial charge in [0.25, 0.3) is 0 Å². The lowest BCUT2D eigenvalue weighted by Gasteiger charge is -2.41. The Kier molecular flexibility index (Phi) is 8.41. The molecule has 0 aliphatic carbocycles. The highest BCUT2D eigenvalue weighted by atomic mass is 16.5. The Morgan fingerprint density at radius 1 is 0.636 bits per heavy atom. The lowest BCUT2D eigenvalue weighted by atomic mass is 9.96. The lowest BCUT2D eigenvalue weighted by Crippen LogP contribution is -2.42. The van der Waals surface area contributed by atoms with Crippen LogP contribution in [-0.2, 0) is 14.4 Å². The third-order valence-corrected chi connectivity index (χ3v) is 4.64. The summed E-state index contributed by atoms with van der Waals surface area (Å²) in [6.07, 6.45) is -2.29. The molecule has 0 spiro atoms. The molecule has 0 heterocycles. The van der Waals surface area contributed by atoms with Crippen LogP contribution in [0.1, 0.15) is 12.8 Å². The zero-order chi connectivity index (χ0) is 24.5. The molecule has 9 nitrogen and oxygen atoms in total. The quantitative estimate of drug-likeness (QED) is 0.296. The van der Waals surface area contributed by atoms with Crippen LogP contribution in [0.4, 0.5) is 17.1 Å². The minimum atomic E-state index is -2.74.